The van der Waals surface area contributed by atoms with Gasteiger partial charge in [0, 0.05) is 13.0 Å². The molecule has 0 saturated carbocycles. The normalized spacial score (nSPS) is 24.8. The Bertz CT molecular complexity index is 943. The van der Waals surface area contributed by atoms with E-state index in [1.54, 1.807) is 0 Å². The molecule has 0 bridgehead atoms. The highest BCUT2D eigenvalue weighted by molar-refractivity contribution is 8.19. The van der Waals surface area contributed by atoms with Crippen molar-refractivity contribution in [3.05, 3.63) is 72.8 Å². The maximum atomic E-state index is 7.20. The zero-order valence-electron chi connectivity index (χ0n) is 23.5. The van der Waals surface area contributed by atoms with Gasteiger partial charge in [-0.1, -0.05) is 101 Å². The predicted octanol–water partition coefficient (Wildman–Crippen LogP) is 7.67. The molecule has 0 radical (unpaired) electrons. The van der Waals surface area contributed by atoms with E-state index in [1.165, 1.54) is 41.1 Å². The van der Waals surface area contributed by atoms with Gasteiger partial charge in [-0.15, -0.1) is 23.5 Å². The van der Waals surface area contributed by atoms with Gasteiger partial charge in [0.05, 0.1) is 16.3 Å². The van der Waals surface area contributed by atoms with Crippen LogP contribution >= 0.6 is 23.5 Å². The van der Waals surface area contributed by atoms with Crippen LogP contribution in [-0.2, 0) is 9.16 Å². The van der Waals surface area contributed by atoms with E-state index >= 15 is 0 Å². The van der Waals surface area contributed by atoms with Crippen LogP contribution in [0.4, 0.5) is 0 Å². The lowest BCUT2D eigenvalue weighted by Gasteiger charge is -2.44. The van der Waals surface area contributed by atoms with E-state index in [9.17, 15) is 0 Å². The molecule has 2 aromatic rings. The van der Waals surface area contributed by atoms with Crippen molar-refractivity contribution in [1.29, 1.82) is 0 Å². The van der Waals surface area contributed by atoms with Gasteiger partial charge < -0.3 is 9.16 Å². The van der Waals surface area contributed by atoms with Crippen LogP contribution in [0.25, 0.3) is 0 Å². The molecule has 2 aliphatic rings. The van der Waals surface area contributed by atoms with Crippen LogP contribution in [0.1, 0.15) is 66.7 Å². The number of benzene rings is 2. The van der Waals surface area contributed by atoms with Crippen molar-refractivity contribution >= 4 is 42.2 Å². The molecule has 37 heavy (non-hydrogen) atoms. The fourth-order valence-electron chi connectivity index (χ4n) is 6.12. The predicted molar refractivity (Wildman–Crippen MR) is 167 cm³/mol. The van der Waals surface area contributed by atoms with Crippen LogP contribution in [0.15, 0.2) is 72.8 Å². The Morgan fingerprint density at radius 1 is 0.973 bits per heavy atom. The van der Waals surface area contributed by atoms with Gasteiger partial charge in [-0.05, 0) is 65.4 Å². The summed E-state index contributed by atoms with van der Waals surface area (Å²) in [6.45, 7) is 12.3. The number of ether oxygens (including phenoxy) is 1. The van der Waals surface area contributed by atoms with Gasteiger partial charge in [-0.3, -0.25) is 0 Å². The van der Waals surface area contributed by atoms with Gasteiger partial charge in [-0.2, -0.15) is 0 Å². The summed E-state index contributed by atoms with van der Waals surface area (Å²) in [6.07, 6.45) is 11.1. The third kappa shape index (κ3) is 6.78. The first-order chi connectivity index (χ1) is 17.8. The minimum Gasteiger partial charge on any atom is -0.407 e. The van der Waals surface area contributed by atoms with E-state index in [4.69, 9.17) is 9.16 Å². The van der Waals surface area contributed by atoms with E-state index in [2.05, 4.69) is 131 Å². The van der Waals surface area contributed by atoms with Gasteiger partial charge >= 0.3 is 0 Å². The third-order valence-electron chi connectivity index (χ3n) is 8.00. The summed E-state index contributed by atoms with van der Waals surface area (Å²) in [5.74, 6) is 3.09. The molecular weight excluding hydrogens is 509 g/mol. The number of allylic oxidation sites excluding steroid dienone is 1. The molecule has 3 atom stereocenters. The van der Waals surface area contributed by atoms with E-state index < -0.39 is 8.32 Å². The van der Waals surface area contributed by atoms with Crippen molar-refractivity contribution in [2.75, 3.05) is 18.1 Å². The molecule has 2 heterocycles. The van der Waals surface area contributed by atoms with E-state index in [-0.39, 0.29) is 15.2 Å². The number of hydrogen-bond acceptors (Lipinski definition) is 4. The minimum absolute atomic E-state index is 0.00553. The molecular formula is C32H46O2S2Si. The molecule has 5 heteroatoms. The van der Waals surface area contributed by atoms with Gasteiger partial charge in [0.2, 0.25) is 0 Å². The van der Waals surface area contributed by atoms with Crippen LogP contribution in [0.2, 0.25) is 5.04 Å². The molecule has 0 spiro atoms. The maximum Gasteiger partial charge on any atom is 0.261 e. The Balaban J connectivity index is 1.50. The summed E-state index contributed by atoms with van der Waals surface area (Å²) in [7, 11) is -2.50. The van der Waals surface area contributed by atoms with Gasteiger partial charge in [0.25, 0.3) is 8.32 Å². The average Bonchev–Trinajstić information content (AvgIpc) is 2.89. The summed E-state index contributed by atoms with van der Waals surface area (Å²) >= 11 is 4.25. The minimum atomic E-state index is -2.50. The molecule has 2 aromatic carbocycles. The van der Waals surface area contributed by atoms with Crippen LogP contribution in [-0.4, -0.2) is 42.7 Å². The molecule has 2 fully saturated rings. The first-order valence-corrected chi connectivity index (χ1v) is 18.0. The molecule has 4 rings (SSSR count). The summed E-state index contributed by atoms with van der Waals surface area (Å²) in [4.78, 5) is 0. The lowest BCUT2D eigenvalue weighted by atomic mass is 9.90. The maximum absolute atomic E-state index is 7.20. The monoisotopic (exact) mass is 554 g/mol. The fraction of sp³-hybridized carbons (Fsp3) is 0.562. The molecule has 0 N–H and O–H groups in total. The first-order valence-electron chi connectivity index (χ1n) is 14.1. The standard InChI is InChI=1S/C32H46O2S2Si/c1-6-21-32(35-23-13-24-36-32)25-27-19-18-26(2)30(34-27)20-22-33-37(31(3,4)5,28-14-9-7-10-15-28)29-16-11-8-12-17-29/h6-12,14-17,21,26-27,30H,13,18-20,22-25H2,1-5H3/b21-6+/t26-,27+,30-/m0/s1. The SMILES string of the molecule is C/C=C/C1(C[C@H]2CC[C@H](C)[C@H](CCO[Si](c3ccccc3)(c3ccccc3)C(C)(C)C)O2)SCCCS1. The fourth-order valence-corrected chi connectivity index (χ4v) is 14.1. The Morgan fingerprint density at radius 3 is 2.11 bits per heavy atom. The quantitative estimate of drug-likeness (QED) is 0.234. The molecule has 0 amide bonds. The lowest BCUT2D eigenvalue weighted by molar-refractivity contribution is -0.0882. The lowest BCUT2D eigenvalue weighted by Crippen LogP contribution is -2.66. The summed E-state index contributed by atoms with van der Waals surface area (Å²) in [5.41, 5.74) is 0. The highest BCUT2D eigenvalue weighted by atomic mass is 32.2. The molecule has 0 aliphatic carbocycles. The molecule has 2 saturated heterocycles. The van der Waals surface area contributed by atoms with Crippen molar-refractivity contribution in [1.82, 2.24) is 0 Å². The topological polar surface area (TPSA) is 18.5 Å². The Labute approximate surface area is 235 Å². The van der Waals surface area contributed by atoms with Gasteiger partial charge in [0.15, 0.2) is 0 Å². The highest BCUT2D eigenvalue weighted by Gasteiger charge is 2.50. The van der Waals surface area contributed by atoms with E-state index in [0.29, 0.717) is 12.0 Å². The molecule has 2 nitrogen and oxygen atoms in total. The molecule has 202 valence electrons. The van der Waals surface area contributed by atoms with Crippen molar-refractivity contribution in [2.45, 2.75) is 88.0 Å². The van der Waals surface area contributed by atoms with Gasteiger partial charge in [0.1, 0.15) is 0 Å². The summed E-state index contributed by atoms with van der Waals surface area (Å²) in [6, 6.07) is 22.0. The summed E-state index contributed by atoms with van der Waals surface area (Å²) in [5, 5.41) is 2.71. The number of thioether (sulfide) groups is 2. The van der Waals surface area contributed by atoms with E-state index in [1.807, 2.05) is 0 Å². The third-order valence-corrected chi connectivity index (χ3v) is 16.3. The van der Waals surface area contributed by atoms with E-state index in [0.717, 1.165) is 19.4 Å². The summed E-state index contributed by atoms with van der Waals surface area (Å²) < 4.78 is 14.2. The average molecular weight is 555 g/mol. The van der Waals surface area contributed by atoms with Crippen LogP contribution in [0, 0.1) is 5.92 Å². The molecule has 2 aliphatic heterocycles. The smallest absolute Gasteiger partial charge is 0.261 e. The van der Waals surface area contributed by atoms with Crippen molar-refractivity contribution in [3.8, 4) is 0 Å². The van der Waals surface area contributed by atoms with Crippen molar-refractivity contribution in [2.24, 2.45) is 5.92 Å². The van der Waals surface area contributed by atoms with Gasteiger partial charge in [-0.25, -0.2) is 0 Å². The second kappa shape index (κ2) is 12.9. The zero-order chi connectivity index (χ0) is 26.4. The first kappa shape index (κ1) is 29.0. The highest BCUT2D eigenvalue weighted by Crippen LogP contribution is 2.48. The van der Waals surface area contributed by atoms with Crippen molar-refractivity contribution < 1.29 is 9.16 Å². The Morgan fingerprint density at radius 2 is 1.57 bits per heavy atom. The Kier molecular flexibility index (Phi) is 10.1. The second-order valence-corrected chi connectivity index (χ2v) is 19.1. The van der Waals surface area contributed by atoms with Crippen molar-refractivity contribution in [3.63, 3.8) is 0 Å². The number of rotatable bonds is 9. The molecule has 0 aromatic heterocycles. The largest absolute Gasteiger partial charge is 0.407 e. The number of hydrogen-bond donors (Lipinski definition) is 0. The Hall–Kier alpha value is -0.983. The second-order valence-electron chi connectivity index (χ2n) is 11.7. The van der Waals surface area contributed by atoms with Crippen LogP contribution in [0.5, 0.6) is 0 Å². The zero-order valence-corrected chi connectivity index (χ0v) is 26.1. The van der Waals surface area contributed by atoms with Crippen LogP contribution in [0.3, 0.4) is 0 Å². The molecule has 0 unspecified atom stereocenters. The van der Waals surface area contributed by atoms with Crippen LogP contribution < -0.4 is 10.4 Å².